The number of thiazole rings is 1. The summed E-state index contributed by atoms with van der Waals surface area (Å²) >= 11 is -0.812. The zero-order chi connectivity index (χ0) is 18.0. The lowest BCUT2D eigenvalue weighted by Gasteiger charge is -2.17. The Morgan fingerprint density at radius 1 is 1.29 bits per heavy atom. The molecular formula is C13H15F3NO4PS2. The smallest absolute Gasteiger partial charge is 0.416 e. The Morgan fingerprint density at radius 3 is 2.46 bits per heavy atom. The molecule has 2 aromatic rings. The zero-order valence-electron chi connectivity index (χ0n) is 12.8. The number of rotatable bonds is 7. The van der Waals surface area contributed by atoms with E-state index in [0.717, 1.165) is 23.5 Å². The molecule has 0 N–H and O–H groups in total. The van der Waals surface area contributed by atoms with Gasteiger partial charge in [0.05, 0.1) is 29.0 Å². The van der Waals surface area contributed by atoms with Gasteiger partial charge in [0.2, 0.25) is 5.49 Å². The van der Waals surface area contributed by atoms with Gasteiger partial charge in [-0.1, -0.05) is 11.3 Å². The highest BCUT2D eigenvalue weighted by atomic mass is 32.2. The van der Waals surface area contributed by atoms with Gasteiger partial charge < -0.3 is 13.6 Å². The summed E-state index contributed by atoms with van der Waals surface area (Å²) in [6.07, 6.45) is -4.48. The predicted octanol–water partition coefficient (Wildman–Crippen LogP) is 4.65. The van der Waals surface area contributed by atoms with E-state index in [-0.39, 0.29) is 28.6 Å². The minimum atomic E-state index is -4.48. The van der Waals surface area contributed by atoms with Crippen LogP contribution in [0.2, 0.25) is 0 Å². The Morgan fingerprint density at radius 2 is 1.92 bits per heavy atom. The lowest BCUT2D eigenvalue weighted by atomic mass is 10.2. The van der Waals surface area contributed by atoms with Crippen molar-refractivity contribution in [3.8, 4) is 0 Å². The van der Waals surface area contributed by atoms with Crippen molar-refractivity contribution in [3.05, 3.63) is 23.8 Å². The molecule has 2 rings (SSSR count). The van der Waals surface area contributed by atoms with Crippen LogP contribution in [0.15, 0.2) is 22.5 Å². The van der Waals surface area contributed by atoms with E-state index in [1.54, 1.807) is 13.8 Å². The fourth-order valence-corrected chi connectivity index (χ4v) is 6.93. The number of fused-ring (bicyclic) bond motifs is 1. The zero-order valence-corrected chi connectivity index (χ0v) is 15.4. The lowest BCUT2D eigenvalue weighted by Crippen LogP contribution is -2.11. The van der Waals surface area contributed by atoms with Crippen molar-refractivity contribution in [3.63, 3.8) is 0 Å². The molecule has 1 heterocycles. The molecule has 0 spiro atoms. The van der Waals surface area contributed by atoms with Crippen LogP contribution in [0.4, 0.5) is 13.2 Å². The summed E-state index contributed by atoms with van der Waals surface area (Å²) in [5.74, 6) is 0. The van der Waals surface area contributed by atoms with Crippen molar-refractivity contribution in [2.45, 2.75) is 24.4 Å². The minimum absolute atomic E-state index is 0.0870. The average Bonchev–Trinajstić information content (AvgIpc) is 2.89. The number of benzene rings is 1. The highest BCUT2D eigenvalue weighted by Crippen LogP contribution is 2.50. The number of aromatic nitrogens is 1. The van der Waals surface area contributed by atoms with Crippen LogP contribution >= 0.6 is 18.9 Å². The number of nitrogens with zero attached hydrogens (tertiary/aromatic N) is 1. The third-order valence-corrected chi connectivity index (χ3v) is 8.44. The van der Waals surface area contributed by atoms with Gasteiger partial charge in [-0.15, -0.1) is 0 Å². The predicted molar refractivity (Wildman–Crippen MR) is 86.8 cm³/mol. The Hall–Kier alpha value is -0.640. The van der Waals surface area contributed by atoms with E-state index in [2.05, 4.69) is 4.98 Å². The van der Waals surface area contributed by atoms with E-state index in [4.69, 9.17) is 9.05 Å². The van der Waals surface area contributed by atoms with E-state index in [1.807, 2.05) is 0 Å². The van der Waals surface area contributed by atoms with Crippen LogP contribution in [0.3, 0.4) is 0 Å². The molecule has 1 unspecified atom stereocenters. The SMILES string of the molecule is CCOP(=O)(C[S+]([O-])c1nc2cc(C(F)(F)F)ccc2s1)OCC. The molecule has 1 atom stereocenters. The van der Waals surface area contributed by atoms with Crippen LogP contribution in [0.1, 0.15) is 19.4 Å². The van der Waals surface area contributed by atoms with Crippen LogP contribution in [0, 0.1) is 0 Å². The first-order chi connectivity index (χ1) is 11.2. The average molecular weight is 401 g/mol. The molecule has 1 aromatic heterocycles. The molecule has 0 bridgehead atoms. The van der Waals surface area contributed by atoms with E-state index in [9.17, 15) is 22.3 Å². The second kappa shape index (κ2) is 7.72. The second-order valence-electron chi connectivity index (χ2n) is 4.58. The number of hydrogen-bond acceptors (Lipinski definition) is 6. The summed E-state index contributed by atoms with van der Waals surface area (Å²) in [6, 6.07) is 3.12. The van der Waals surface area contributed by atoms with Crippen molar-refractivity contribution >= 4 is 40.3 Å². The monoisotopic (exact) mass is 401 g/mol. The van der Waals surface area contributed by atoms with Crippen molar-refractivity contribution in [2.24, 2.45) is 0 Å². The molecular weight excluding hydrogens is 386 g/mol. The fraction of sp³-hybridized carbons (Fsp3) is 0.462. The molecule has 0 amide bonds. The quantitative estimate of drug-likeness (QED) is 0.499. The van der Waals surface area contributed by atoms with Crippen LogP contribution in [0.25, 0.3) is 10.2 Å². The molecule has 0 radical (unpaired) electrons. The summed E-state index contributed by atoms with van der Waals surface area (Å²) in [5.41, 5.74) is -1.12. The fourth-order valence-electron chi connectivity index (χ4n) is 1.88. The Balaban J connectivity index is 2.26. The van der Waals surface area contributed by atoms with Gasteiger partial charge in [0.25, 0.3) is 0 Å². The molecule has 1 aromatic carbocycles. The van der Waals surface area contributed by atoms with Gasteiger partial charge in [-0.25, -0.2) is 0 Å². The first kappa shape index (κ1) is 19.7. The maximum absolute atomic E-state index is 12.7. The molecule has 134 valence electrons. The Kier molecular flexibility index (Phi) is 6.33. The molecule has 0 aliphatic carbocycles. The van der Waals surface area contributed by atoms with Crippen molar-refractivity contribution in [1.29, 1.82) is 0 Å². The normalized spacial score (nSPS) is 14.2. The third-order valence-electron chi connectivity index (χ3n) is 2.82. The van der Waals surface area contributed by atoms with E-state index < -0.39 is 30.5 Å². The summed E-state index contributed by atoms with van der Waals surface area (Å²) in [4.78, 5) is 3.98. The minimum Gasteiger partial charge on any atom is -0.609 e. The van der Waals surface area contributed by atoms with Crippen LogP contribution in [0.5, 0.6) is 0 Å². The third kappa shape index (κ3) is 4.71. The first-order valence-electron chi connectivity index (χ1n) is 6.93. The lowest BCUT2D eigenvalue weighted by molar-refractivity contribution is -0.137. The van der Waals surface area contributed by atoms with Gasteiger partial charge in [-0.05, 0) is 32.0 Å². The van der Waals surface area contributed by atoms with Gasteiger partial charge in [0.1, 0.15) is 0 Å². The number of alkyl halides is 3. The van der Waals surface area contributed by atoms with Crippen molar-refractivity contribution in [2.75, 3.05) is 18.7 Å². The summed E-state index contributed by atoms with van der Waals surface area (Å²) in [5, 5.41) is 0. The number of halogens is 3. The highest BCUT2D eigenvalue weighted by Gasteiger charge is 2.34. The molecule has 0 aliphatic heterocycles. The molecule has 0 aliphatic rings. The van der Waals surface area contributed by atoms with E-state index in [0.29, 0.717) is 4.70 Å². The Bertz CT molecular complexity index is 742. The topological polar surface area (TPSA) is 71.5 Å². The van der Waals surface area contributed by atoms with Crippen molar-refractivity contribution < 1.29 is 31.3 Å². The molecule has 0 saturated carbocycles. The highest BCUT2D eigenvalue weighted by molar-refractivity contribution is 7.99. The van der Waals surface area contributed by atoms with E-state index >= 15 is 0 Å². The molecule has 0 saturated heterocycles. The summed E-state index contributed by atoms with van der Waals surface area (Å²) in [6.45, 7) is 3.52. The maximum atomic E-state index is 12.7. The van der Waals surface area contributed by atoms with Crippen LogP contribution < -0.4 is 0 Å². The largest absolute Gasteiger partial charge is 0.609 e. The maximum Gasteiger partial charge on any atom is 0.416 e. The number of hydrogen-bond donors (Lipinski definition) is 0. The van der Waals surface area contributed by atoms with Crippen LogP contribution in [-0.4, -0.2) is 28.2 Å². The Labute approximate surface area is 143 Å². The second-order valence-corrected chi connectivity index (χ2v) is 9.72. The van der Waals surface area contributed by atoms with E-state index in [1.165, 1.54) is 6.07 Å². The first-order valence-corrected chi connectivity index (χ1v) is 10.8. The molecule has 0 fully saturated rings. The van der Waals surface area contributed by atoms with Gasteiger partial charge >= 0.3 is 18.1 Å². The summed E-state index contributed by atoms with van der Waals surface area (Å²) < 4.78 is 73.6. The van der Waals surface area contributed by atoms with Gasteiger partial charge in [-0.2, -0.15) is 18.2 Å². The van der Waals surface area contributed by atoms with Gasteiger partial charge in [-0.3, -0.25) is 4.57 Å². The molecule has 5 nitrogen and oxygen atoms in total. The van der Waals surface area contributed by atoms with Crippen LogP contribution in [-0.2, 0) is 31.0 Å². The van der Waals surface area contributed by atoms with Gasteiger partial charge in [0.15, 0.2) is 0 Å². The van der Waals surface area contributed by atoms with Crippen molar-refractivity contribution in [1.82, 2.24) is 4.98 Å². The standard InChI is InChI=1S/C13H15F3NO4PS2/c1-3-20-22(18,21-4-2)8-24(19)12-17-10-7-9(13(14,15)16)5-6-11(10)23-12/h5-7H,3-4,8H2,1-2H3. The molecule has 24 heavy (non-hydrogen) atoms. The van der Waals surface area contributed by atoms with Gasteiger partial charge in [0, 0.05) is 11.2 Å². The summed E-state index contributed by atoms with van der Waals surface area (Å²) in [7, 11) is -3.53. The molecule has 11 heteroatoms.